The molecule has 1 spiro atoms. The Morgan fingerprint density at radius 2 is 2.04 bits per heavy atom. The molecule has 2 aliphatic rings. The van der Waals surface area contributed by atoms with E-state index in [9.17, 15) is 4.79 Å². The van der Waals surface area contributed by atoms with Crippen molar-refractivity contribution < 1.29 is 4.79 Å². The molecule has 2 saturated heterocycles. The molecule has 0 bridgehead atoms. The van der Waals surface area contributed by atoms with E-state index in [0.29, 0.717) is 0 Å². The van der Waals surface area contributed by atoms with Crippen LogP contribution in [0.15, 0.2) is 48.8 Å². The highest BCUT2D eigenvalue weighted by atomic mass is 16.2. The molecule has 1 aromatic carbocycles. The van der Waals surface area contributed by atoms with E-state index in [2.05, 4.69) is 40.3 Å². The highest BCUT2D eigenvalue weighted by Gasteiger charge is 2.42. The van der Waals surface area contributed by atoms with Crippen molar-refractivity contribution in [3.05, 3.63) is 59.9 Å². The van der Waals surface area contributed by atoms with Crippen LogP contribution in [0.25, 0.3) is 6.08 Å². The van der Waals surface area contributed by atoms with Gasteiger partial charge in [0.05, 0.1) is 6.20 Å². The van der Waals surface area contributed by atoms with Crippen molar-refractivity contribution in [3.63, 3.8) is 0 Å². The van der Waals surface area contributed by atoms with Crippen LogP contribution in [0.2, 0.25) is 0 Å². The van der Waals surface area contributed by atoms with E-state index in [0.717, 1.165) is 44.6 Å². The van der Waals surface area contributed by atoms with Crippen LogP contribution in [0.5, 0.6) is 0 Å². The lowest BCUT2D eigenvalue weighted by atomic mass is 9.79. The number of aromatic nitrogens is 2. The predicted molar refractivity (Wildman–Crippen MR) is 112 cm³/mol. The number of carbonyl (C=O) groups is 1. The summed E-state index contributed by atoms with van der Waals surface area (Å²) < 4.78 is 1.75. The fourth-order valence-corrected chi connectivity index (χ4v) is 4.69. The number of aryl methyl sites for hydroxylation is 1. The molecule has 4 rings (SSSR count). The molecule has 1 amide bonds. The molecule has 3 heterocycles. The molecule has 2 aliphatic heterocycles. The fraction of sp³-hybridized carbons (Fsp3) is 0.478. The molecule has 0 radical (unpaired) electrons. The van der Waals surface area contributed by atoms with Crippen LogP contribution >= 0.6 is 0 Å². The van der Waals surface area contributed by atoms with Gasteiger partial charge in [-0.1, -0.05) is 30.3 Å². The van der Waals surface area contributed by atoms with Crippen LogP contribution in [0.3, 0.4) is 0 Å². The van der Waals surface area contributed by atoms with E-state index in [-0.39, 0.29) is 11.3 Å². The van der Waals surface area contributed by atoms with Crippen LogP contribution in [0.4, 0.5) is 0 Å². The van der Waals surface area contributed by atoms with Gasteiger partial charge in [0.15, 0.2) is 0 Å². The number of rotatable bonds is 5. The van der Waals surface area contributed by atoms with Crippen molar-refractivity contribution in [1.29, 1.82) is 0 Å². The minimum Gasteiger partial charge on any atom is -0.339 e. The summed E-state index contributed by atoms with van der Waals surface area (Å²) in [6, 6.07) is 10.7. The number of likely N-dealkylation sites (tertiary alicyclic amines) is 2. The molecule has 0 aliphatic carbocycles. The Morgan fingerprint density at radius 1 is 1.18 bits per heavy atom. The maximum Gasteiger partial charge on any atom is 0.246 e. The van der Waals surface area contributed by atoms with Crippen LogP contribution in [-0.4, -0.2) is 58.2 Å². The fourth-order valence-electron chi connectivity index (χ4n) is 4.69. The summed E-state index contributed by atoms with van der Waals surface area (Å²) in [5, 5.41) is 4.14. The third kappa shape index (κ3) is 4.53. The van der Waals surface area contributed by atoms with E-state index < -0.39 is 0 Å². The van der Waals surface area contributed by atoms with Gasteiger partial charge in [0.1, 0.15) is 0 Å². The molecular weight excluding hydrogens is 348 g/mol. The second-order valence-electron chi connectivity index (χ2n) is 8.41. The zero-order valence-electron chi connectivity index (χ0n) is 16.8. The summed E-state index contributed by atoms with van der Waals surface area (Å²) in [6.45, 7) is 5.19. The van der Waals surface area contributed by atoms with Gasteiger partial charge in [0, 0.05) is 56.5 Å². The Labute approximate surface area is 167 Å². The van der Waals surface area contributed by atoms with E-state index in [1.807, 2.05) is 24.2 Å². The molecule has 5 heteroatoms. The Morgan fingerprint density at radius 3 is 2.82 bits per heavy atom. The molecule has 28 heavy (non-hydrogen) atoms. The van der Waals surface area contributed by atoms with Crippen molar-refractivity contribution in [2.75, 3.05) is 32.7 Å². The Bertz CT molecular complexity index is 828. The second kappa shape index (κ2) is 8.31. The minimum atomic E-state index is 0.127. The predicted octanol–water partition coefficient (Wildman–Crippen LogP) is 2.99. The van der Waals surface area contributed by atoms with E-state index in [4.69, 9.17) is 0 Å². The van der Waals surface area contributed by atoms with Crippen molar-refractivity contribution in [2.45, 2.75) is 25.7 Å². The summed E-state index contributed by atoms with van der Waals surface area (Å²) in [5.74, 6) is 0.127. The van der Waals surface area contributed by atoms with Gasteiger partial charge < -0.3 is 9.80 Å². The molecular formula is C23H30N4O. The highest BCUT2D eigenvalue weighted by Crippen LogP contribution is 2.39. The zero-order valence-corrected chi connectivity index (χ0v) is 16.8. The quantitative estimate of drug-likeness (QED) is 0.751. The Kier molecular flexibility index (Phi) is 5.62. The van der Waals surface area contributed by atoms with Crippen molar-refractivity contribution in [1.82, 2.24) is 19.6 Å². The molecule has 1 atom stereocenters. The van der Waals surface area contributed by atoms with Crippen molar-refractivity contribution in [2.24, 2.45) is 12.5 Å². The normalized spacial score (nSPS) is 23.1. The SMILES string of the molecule is Cn1cc(C=CC(=O)N2CCC3(CCCN(CCc4ccccc4)C3)C2)cn1. The van der Waals surface area contributed by atoms with Gasteiger partial charge in [-0.05, 0) is 43.9 Å². The third-order valence-electron chi connectivity index (χ3n) is 6.19. The third-order valence-corrected chi connectivity index (χ3v) is 6.19. The maximum atomic E-state index is 12.6. The molecule has 0 saturated carbocycles. The lowest BCUT2D eigenvalue weighted by molar-refractivity contribution is -0.125. The van der Waals surface area contributed by atoms with Gasteiger partial charge in [-0.15, -0.1) is 0 Å². The molecule has 1 unspecified atom stereocenters. The first-order valence-electron chi connectivity index (χ1n) is 10.3. The summed E-state index contributed by atoms with van der Waals surface area (Å²) in [4.78, 5) is 17.3. The summed E-state index contributed by atoms with van der Waals surface area (Å²) >= 11 is 0. The average molecular weight is 379 g/mol. The summed E-state index contributed by atoms with van der Waals surface area (Å²) in [7, 11) is 1.88. The standard InChI is InChI=1S/C23H30N4O/c1-25-17-21(16-24-25)8-9-22(28)27-15-12-23(19-27)11-5-13-26(18-23)14-10-20-6-3-2-4-7-20/h2-4,6-9,16-17H,5,10-15,18-19H2,1H3. The zero-order chi connectivity index (χ0) is 19.4. The number of piperidine rings is 1. The van der Waals surface area contributed by atoms with Gasteiger partial charge in [-0.2, -0.15) is 5.10 Å². The number of amides is 1. The van der Waals surface area contributed by atoms with E-state index in [1.165, 1.54) is 24.9 Å². The average Bonchev–Trinajstić information content (AvgIpc) is 3.32. The number of hydrogen-bond acceptors (Lipinski definition) is 3. The van der Waals surface area contributed by atoms with Crippen LogP contribution in [0.1, 0.15) is 30.4 Å². The Hall–Kier alpha value is -2.40. The van der Waals surface area contributed by atoms with Gasteiger partial charge in [-0.3, -0.25) is 9.48 Å². The topological polar surface area (TPSA) is 41.4 Å². The number of benzene rings is 1. The lowest BCUT2D eigenvalue weighted by Crippen LogP contribution is -2.45. The molecule has 0 N–H and O–H groups in total. The molecule has 148 valence electrons. The first-order chi connectivity index (χ1) is 13.6. The molecule has 1 aromatic heterocycles. The van der Waals surface area contributed by atoms with E-state index in [1.54, 1.807) is 17.0 Å². The second-order valence-corrected chi connectivity index (χ2v) is 8.41. The van der Waals surface area contributed by atoms with Gasteiger partial charge in [0.2, 0.25) is 5.91 Å². The minimum absolute atomic E-state index is 0.127. The van der Waals surface area contributed by atoms with Crippen LogP contribution < -0.4 is 0 Å². The highest BCUT2D eigenvalue weighted by molar-refractivity contribution is 5.91. The summed E-state index contributed by atoms with van der Waals surface area (Å²) in [6.07, 6.45) is 12.0. The molecule has 5 nitrogen and oxygen atoms in total. The van der Waals surface area contributed by atoms with Crippen molar-refractivity contribution >= 4 is 12.0 Å². The van der Waals surface area contributed by atoms with Gasteiger partial charge in [-0.25, -0.2) is 0 Å². The monoisotopic (exact) mass is 378 g/mol. The van der Waals surface area contributed by atoms with Crippen LogP contribution in [-0.2, 0) is 18.3 Å². The van der Waals surface area contributed by atoms with E-state index >= 15 is 0 Å². The lowest BCUT2D eigenvalue weighted by Gasteiger charge is -2.40. The van der Waals surface area contributed by atoms with Crippen LogP contribution in [0, 0.1) is 5.41 Å². The largest absolute Gasteiger partial charge is 0.339 e. The number of carbonyl (C=O) groups excluding carboxylic acids is 1. The van der Waals surface area contributed by atoms with Gasteiger partial charge in [0.25, 0.3) is 0 Å². The summed E-state index contributed by atoms with van der Waals surface area (Å²) in [5.41, 5.74) is 2.66. The maximum absolute atomic E-state index is 12.6. The first-order valence-corrected chi connectivity index (χ1v) is 10.3. The smallest absolute Gasteiger partial charge is 0.246 e. The molecule has 2 fully saturated rings. The number of hydrogen-bond donors (Lipinski definition) is 0. The number of nitrogens with zero attached hydrogens (tertiary/aromatic N) is 4. The van der Waals surface area contributed by atoms with Gasteiger partial charge >= 0.3 is 0 Å². The van der Waals surface area contributed by atoms with Crippen molar-refractivity contribution in [3.8, 4) is 0 Å². The Balaban J connectivity index is 1.31. The molecule has 2 aromatic rings. The first kappa shape index (κ1) is 18.9.